The summed E-state index contributed by atoms with van der Waals surface area (Å²) in [6.07, 6.45) is 1.25. The third-order valence-corrected chi connectivity index (χ3v) is 10.3. The predicted molar refractivity (Wildman–Crippen MR) is 193 cm³/mol. The second-order valence-corrected chi connectivity index (χ2v) is 16.4. The zero-order valence-electron chi connectivity index (χ0n) is 27.6. The summed E-state index contributed by atoms with van der Waals surface area (Å²) in [5, 5.41) is 8.82. The zero-order chi connectivity index (χ0) is 33.3. The van der Waals surface area contributed by atoms with E-state index in [-0.39, 0.29) is 41.6 Å². The summed E-state index contributed by atoms with van der Waals surface area (Å²) in [5.74, 6) is 0.619. The molecule has 0 bridgehead atoms. The lowest BCUT2D eigenvalue weighted by Crippen LogP contribution is -2.62. The zero-order valence-corrected chi connectivity index (χ0v) is 30.7. The van der Waals surface area contributed by atoms with Crippen LogP contribution in [-0.2, 0) is 25.7 Å². The fourth-order valence-electron chi connectivity index (χ4n) is 6.24. The number of hydrogen-bond donors (Lipinski definition) is 2. The molecule has 3 atom stereocenters. The molecule has 0 saturated carbocycles. The Bertz CT molecular complexity index is 1590. The van der Waals surface area contributed by atoms with Gasteiger partial charge in [0.15, 0.2) is 5.66 Å². The largest absolute Gasteiger partial charge is 0.493 e. The van der Waals surface area contributed by atoms with Gasteiger partial charge in [-0.2, -0.15) is 0 Å². The van der Waals surface area contributed by atoms with Crippen LogP contribution in [0.25, 0.3) is 0 Å². The van der Waals surface area contributed by atoms with Crippen molar-refractivity contribution in [1.29, 1.82) is 0 Å². The van der Waals surface area contributed by atoms with Gasteiger partial charge in [0.2, 0.25) is 0 Å². The predicted octanol–water partition coefficient (Wildman–Crippen LogP) is 6.13. The highest BCUT2D eigenvalue weighted by molar-refractivity contribution is 7.90. The monoisotopic (exact) mass is 722 g/mol. The van der Waals surface area contributed by atoms with Crippen LogP contribution in [0.15, 0.2) is 66.7 Å². The summed E-state index contributed by atoms with van der Waals surface area (Å²) < 4.78 is 29.9. The molecule has 8 nitrogen and oxygen atoms in total. The number of nitrogens with zero attached hydrogens (tertiary/aromatic N) is 2. The Morgan fingerprint density at radius 1 is 0.894 bits per heavy atom. The molecule has 2 heterocycles. The molecule has 0 aliphatic carbocycles. The van der Waals surface area contributed by atoms with Crippen molar-refractivity contribution in [1.82, 2.24) is 20.4 Å². The summed E-state index contributed by atoms with van der Waals surface area (Å²) in [6.45, 7) is 11.4. The fourth-order valence-corrected chi connectivity index (χ4v) is 7.08. The van der Waals surface area contributed by atoms with E-state index >= 15 is 4.79 Å². The number of sulfone groups is 1. The first-order chi connectivity index (χ1) is 21.7. The molecule has 0 radical (unpaired) electrons. The molecule has 1 amide bonds. The number of nitrogens with one attached hydrogen (secondary N) is 2. The molecule has 2 saturated heterocycles. The van der Waals surface area contributed by atoms with Crippen LogP contribution in [0.4, 0.5) is 0 Å². The van der Waals surface area contributed by atoms with Crippen LogP contribution in [0.2, 0.25) is 10.0 Å². The molecule has 2 N–H and O–H groups in total. The van der Waals surface area contributed by atoms with Gasteiger partial charge in [0.25, 0.3) is 5.91 Å². The Kier molecular flexibility index (Phi) is 12.0. The van der Waals surface area contributed by atoms with Gasteiger partial charge in [0, 0.05) is 54.6 Å². The molecule has 0 aromatic heterocycles. The van der Waals surface area contributed by atoms with Crippen LogP contribution >= 0.6 is 35.6 Å². The summed E-state index contributed by atoms with van der Waals surface area (Å²) >= 11 is 12.6. The van der Waals surface area contributed by atoms with Gasteiger partial charge in [0.1, 0.15) is 15.6 Å². The Morgan fingerprint density at radius 2 is 1.40 bits per heavy atom. The smallest absolute Gasteiger partial charge is 0.262 e. The molecule has 2 aliphatic rings. The van der Waals surface area contributed by atoms with E-state index < -0.39 is 15.5 Å². The summed E-state index contributed by atoms with van der Waals surface area (Å²) in [6, 6.07) is 20.9. The van der Waals surface area contributed by atoms with Crippen molar-refractivity contribution in [3.63, 3.8) is 0 Å². The molecular formula is C35H45Cl3N4O4S. The standard InChI is InChI=1S/C35H44Cl2N4O4S.ClH/c1-6-45-30-23-26(34(2,3)4)11-16-29(30)35(33(42)41-19-17-40(18-20-41)21-22-46(5,43)44)38-31(24-7-12-27(36)13-8-24)32(39-35)25-9-14-28(37)15-10-25;/h7-16,23,31-32,38-39H,6,17-22H2,1-5H3;1H/t31-,32+,35?;. The van der Waals surface area contributed by atoms with Gasteiger partial charge in [0.05, 0.1) is 24.4 Å². The van der Waals surface area contributed by atoms with Gasteiger partial charge in [-0.1, -0.05) is 80.4 Å². The molecule has 47 heavy (non-hydrogen) atoms. The number of benzene rings is 3. The SMILES string of the molecule is CCOc1cc(C(C)(C)C)ccc1C1(C(=O)N2CCN(CCS(C)(=O)=O)CC2)N[C@H](c2ccc(Cl)cc2)[C@H](c2ccc(Cl)cc2)N1.Cl. The van der Waals surface area contributed by atoms with Crippen molar-refractivity contribution in [3.05, 3.63) is 99.0 Å². The molecule has 5 rings (SSSR count). The van der Waals surface area contributed by atoms with Crippen LogP contribution in [-0.4, -0.2) is 75.5 Å². The Hall–Kier alpha value is -2.37. The molecule has 3 aromatic rings. The lowest BCUT2D eigenvalue weighted by Gasteiger charge is -2.41. The van der Waals surface area contributed by atoms with Crippen LogP contribution in [0.1, 0.15) is 62.0 Å². The second kappa shape index (κ2) is 15.0. The first-order valence-corrected chi connectivity index (χ1v) is 18.6. The van der Waals surface area contributed by atoms with Crippen LogP contribution < -0.4 is 15.4 Å². The van der Waals surface area contributed by atoms with Crippen molar-refractivity contribution in [2.45, 2.75) is 50.9 Å². The van der Waals surface area contributed by atoms with Crippen LogP contribution in [0.5, 0.6) is 5.75 Å². The number of hydrogen-bond acceptors (Lipinski definition) is 7. The van der Waals surface area contributed by atoms with Crippen LogP contribution in [0, 0.1) is 0 Å². The highest BCUT2D eigenvalue weighted by Crippen LogP contribution is 2.45. The van der Waals surface area contributed by atoms with Crippen molar-refractivity contribution >= 4 is 51.4 Å². The van der Waals surface area contributed by atoms with Crippen molar-refractivity contribution < 1.29 is 17.9 Å². The van der Waals surface area contributed by atoms with Crippen molar-refractivity contribution in [3.8, 4) is 5.75 Å². The van der Waals surface area contributed by atoms with Gasteiger partial charge in [-0.3, -0.25) is 20.3 Å². The maximum atomic E-state index is 15.0. The van der Waals surface area contributed by atoms with E-state index in [0.717, 1.165) is 16.7 Å². The molecule has 3 aromatic carbocycles. The summed E-state index contributed by atoms with van der Waals surface area (Å²) in [4.78, 5) is 19.0. The molecule has 2 fully saturated rings. The molecule has 12 heteroatoms. The molecule has 256 valence electrons. The minimum Gasteiger partial charge on any atom is -0.493 e. The van der Waals surface area contributed by atoms with E-state index in [0.29, 0.717) is 60.7 Å². The first kappa shape index (κ1) is 37.4. The number of carbonyl (C=O) groups is 1. The number of ether oxygens (including phenoxy) is 1. The molecule has 0 spiro atoms. The number of carbonyl (C=O) groups excluding carboxylic acids is 1. The number of rotatable bonds is 9. The third-order valence-electron chi connectivity index (χ3n) is 8.85. The first-order valence-electron chi connectivity index (χ1n) is 15.7. The average molecular weight is 724 g/mol. The second-order valence-electron chi connectivity index (χ2n) is 13.3. The van der Waals surface area contributed by atoms with E-state index in [9.17, 15) is 8.42 Å². The number of halogens is 3. The third kappa shape index (κ3) is 8.63. The minimum absolute atomic E-state index is 0. The Morgan fingerprint density at radius 3 is 1.85 bits per heavy atom. The van der Waals surface area contributed by atoms with Gasteiger partial charge < -0.3 is 9.64 Å². The molecular weight excluding hydrogens is 679 g/mol. The van der Waals surface area contributed by atoms with E-state index in [1.165, 1.54) is 6.26 Å². The van der Waals surface area contributed by atoms with E-state index in [1.807, 2.05) is 72.5 Å². The summed E-state index contributed by atoms with van der Waals surface area (Å²) in [5.41, 5.74) is 2.29. The van der Waals surface area contributed by atoms with E-state index in [1.54, 1.807) is 0 Å². The van der Waals surface area contributed by atoms with E-state index in [2.05, 4.69) is 42.4 Å². The lowest BCUT2D eigenvalue weighted by molar-refractivity contribution is -0.141. The van der Waals surface area contributed by atoms with Crippen LogP contribution in [0.3, 0.4) is 0 Å². The minimum atomic E-state index is -3.08. The topological polar surface area (TPSA) is 91.0 Å². The van der Waals surface area contributed by atoms with E-state index in [4.69, 9.17) is 27.9 Å². The fraction of sp³-hybridized carbons (Fsp3) is 0.457. The highest BCUT2D eigenvalue weighted by Gasteiger charge is 2.54. The Labute approximate surface area is 295 Å². The normalized spacial score (nSPS) is 22.1. The van der Waals surface area contributed by atoms with Crippen molar-refractivity contribution in [2.24, 2.45) is 0 Å². The number of piperazine rings is 1. The Balaban J connectivity index is 0.00000500. The molecule has 2 aliphatic heterocycles. The van der Waals surface area contributed by atoms with Gasteiger partial charge in [-0.15, -0.1) is 12.4 Å². The maximum Gasteiger partial charge on any atom is 0.262 e. The average Bonchev–Trinajstić information content (AvgIpc) is 3.42. The van der Waals surface area contributed by atoms with Gasteiger partial charge >= 0.3 is 0 Å². The quantitative estimate of drug-likeness (QED) is 0.275. The number of amides is 1. The highest BCUT2D eigenvalue weighted by atomic mass is 35.5. The van der Waals surface area contributed by atoms with Gasteiger partial charge in [-0.25, -0.2) is 8.42 Å². The van der Waals surface area contributed by atoms with Crippen molar-refractivity contribution in [2.75, 3.05) is 51.3 Å². The molecule has 1 unspecified atom stereocenters. The van der Waals surface area contributed by atoms with Gasteiger partial charge in [-0.05, 0) is 59.4 Å². The lowest BCUT2D eigenvalue weighted by atomic mass is 9.84. The summed E-state index contributed by atoms with van der Waals surface area (Å²) in [7, 11) is -3.08. The maximum absolute atomic E-state index is 15.0.